The Morgan fingerprint density at radius 1 is 1.67 bits per heavy atom. The minimum atomic E-state index is -1.08. The number of Topliss-reactive ketones (excluding diaryl/α,β-unsaturated/α-hetero) is 1. The molecule has 0 aliphatic heterocycles. The van der Waals surface area contributed by atoms with Crippen LogP contribution in [0.4, 0.5) is 0 Å². The number of hydrogen-bond donors (Lipinski definition) is 1. The lowest BCUT2D eigenvalue weighted by atomic mass is 10.2. The molecular weight excluding hydrogens is 188 g/mol. The molecule has 52 valence electrons. The molecule has 1 atom stereocenters. The molecule has 0 radical (unpaired) electrons. The van der Waals surface area contributed by atoms with Crippen LogP contribution in [0.25, 0.3) is 0 Å². The Hall–Kier alpha value is -0.380. The van der Waals surface area contributed by atoms with Crippen molar-refractivity contribution in [1.82, 2.24) is 0 Å². The molecular formula is C5H7BrO3. The molecule has 1 unspecified atom stereocenters. The zero-order valence-electron chi connectivity index (χ0n) is 4.93. The number of carbonyl (C=O) groups is 2. The number of alkyl halides is 1. The van der Waals surface area contributed by atoms with Gasteiger partial charge in [0.2, 0.25) is 0 Å². The van der Waals surface area contributed by atoms with Crippen molar-refractivity contribution in [2.45, 2.75) is 18.2 Å². The summed E-state index contributed by atoms with van der Waals surface area (Å²) in [6.07, 6.45) is -0.396. The lowest BCUT2D eigenvalue weighted by Crippen LogP contribution is -2.14. The Bertz CT molecular complexity index is 130. The van der Waals surface area contributed by atoms with E-state index in [0.29, 0.717) is 0 Å². The van der Waals surface area contributed by atoms with Crippen LogP contribution < -0.4 is 0 Å². The molecule has 4 heteroatoms. The van der Waals surface area contributed by atoms with Crippen LogP contribution in [0, 0.1) is 0 Å². The molecule has 0 heterocycles. The van der Waals surface area contributed by atoms with Gasteiger partial charge in [-0.05, 0) is 6.92 Å². The Labute approximate surface area is 61.2 Å². The second-order valence-electron chi connectivity index (χ2n) is 1.65. The summed E-state index contributed by atoms with van der Waals surface area (Å²) in [7, 11) is 0. The number of carbonyl (C=O) groups excluding carboxylic acids is 1. The zero-order chi connectivity index (χ0) is 7.44. The van der Waals surface area contributed by atoms with Crippen molar-refractivity contribution in [2.24, 2.45) is 0 Å². The third kappa shape index (κ3) is 4.14. The van der Waals surface area contributed by atoms with E-state index >= 15 is 0 Å². The Morgan fingerprint density at radius 2 is 2.11 bits per heavy atom. The summed E-state index contributed by atoms with van der Waals surface area (Å²) in [6.45, 7) is 1.60. The number of rotatable bonds is 3. The van der Waals surface area contributed by atoms with E-state index < -0.39 is 12.4 Å². The van der Waals surface area contributed by atoms with Gasteiger partial charge in [-0.1, -0.05) is 15.9 Å². The quantitative estimate of drug-likeness (QED) is 0.535. The van der Waals surface area contributed by atoms with Gasteiger partial charge in [-0.25, -0.2) is 0 Å². The highest BCUT2D eigenvalue weighted by Gasteiger charge is 2.11. The van der Waals surface area contributed by atoms with Gasteiger partial charge < -0.3 is 5.11 Å². The monoisotopic (exact) mass is 194 g/mol. The number of halogens is 1. The molecule has 1 N–H and O–H groups in total. The van der Waals surface area contributed by atoms with Crippen LogP contribution in [-0.2, 0) is 9.59 Å². The Kier molecular flexibility index (Phi) is 3.46. The molecule has 0 bridgehead atoms. The summed E-state index contributed by atoms with van der Waals surface area (Å²) in [5, 5.41) is 8.09. The van der Waals surface area contributed by atoms with E-state index in [9.17, 15) is 9.59 Å². The first-order valence-electron chi connectivity index (χ1n) is 2.42. The van der Waals surface area contributed by atoms with Gasteiger partial charge in [0.25, 0.3) is 0 Å². The predicted octanol–water partition coefficient (Wildman–Crippen LogP) is 0.814. The lowest BCUT2D eigenvalue weighted by molar-refractivity contribution is -0.140. The third-order valence-electron chi connectivity index (χ3n) is 0.769. The molecule has 0 aromatic rings. The van der Waals surface area contributed by atoms with Gasteiger partial charge in [-0.15, -0.1) is 0 Å². The van der Waals surface area contributed by atoms with Crippen LogP contribution in [0.3, 0.4) is 0 Å². The first-order chi connectivity index (χ1) is 4.04. The average Bonchev–Trinajstić information content (AvgIpc) is 1.63. The van der Waals surface area contributed by atoms with Crippen molar-refractivity contribution >= 4 is 27.7 Å². The van der Waals surface area contributed by atoms with Crippen LogP contribution in [0.1, 0.15) is 13.3 Å². The van der Waals surface area contributed by atoms with E-state index in [4.69, 9.17) is 5.11 Å². The second kappa shape index (κ2) is 3.61. The van der Waals surface area contributed by atoms with E-state index in [1.807, 2.05) is 0 Å². The number of ketones is 1. The highest BCUT2D eigenvalue weighted by molar-refractivity contribution is 9.10. The minimum absolute atomic E-state index is 0.303. The molecule has 0 aliphatic carbocycles. The molecule has 0 amide bonds. The summed E-state index contributed by atoms with van der Waals surface area (Å²) >= 11 is 2.96. The SMILES string of the molecule is CC(Br)C(=O)CC(=O)O. The number of hydrogen-bond acceptors (Lipinski definition) is 2. The van der Waals surface area contributed by atoms with Crippen LogP contribution >= 0.6 is 15.9 Å². The molecule has 9 heavy (non-hydrogen) atoms. The minimum Gasteiger partial charge on any atom is -0.481 e. The van der Waals surface area contributed by atoms with Crippen molar-refractivity contribution < 1.29 is 14.7 Å². The fourth-order valence-corrected chi connectivity index (χ4v) is 0.452. The smallest absolute Gasteiger partial charge is 0.310 e. The maximum Gasteiger partial charge on any atom is 0.310 e. The molecule has 0 rings (SSSR count). The molecule has 0 saturated heterocycles. The van der Waals surface area contributed by atoms with E-state index in [1.165, 1.54) is 0 Å². The van der Waals surface area contributed by atoms with E-state index in [0.717, 1.165) is 0 Å². The molecule has 3 nitrogen and oxygen atoms in total. The normalized spacial score (nSPS) is 12.7. The number of carboxylic acids is 1. The maximum absolute atomic E-state index is 10.5. The van der Waals surface area contributed by atoms with Crippen molar-refractivity contribution in [3.05, 3.63) is 0 Å². The van der Waals surface area contributed by atoms with E-state index in [2.05, 4.69) is 15.9 Å². The van der Waals surface area contributed by atoms with Gasteiger partial charge >= 0.3 is 5.97 Å². The number of aliphatic carboxylic acids is 1. The highest BCUT2D eigenvalue weighted by atomic mass is 79.9. The molecule has 0 aliphatic rings. The zero-order valence-corrected chi connectivity index (χ0v) is 6.51. The summed E-state index contributed by atoms with van der Waals surface area (Å²) in [6, 6.07) is 0. The molecule has 0 spiro atoms. The average molecular weight is 195 g/mol. The van der Waals surface area contributed by atoms with Crippen LogP contribution in [-0.4, -0.2) is 21.7 Å². The third-order valence-corrected chi connectivity index (χ3v) is 1.28. The molecule has 0 fully saturated rings. The van der Waals surface area contributed by atoms with Gasteiger partial charge in [-0.3, -0.25) is 9.59 Å². The highest BCUT2D eigenvalue weighted by Crippen LogP contribution is 2.01. The van der Waals surface area contributed by atoms with Crippen LogP contribution in [0.2, 0.25) is 0 Å². The van der Waals surface area contributed by atoms with Crippen LogP contribution in [0.15, 0.2) is 0 Å². The van der Waals surface area contributed by atoms with Gasteiger partial charge in [0.15, 0.2) is 5.78 Å². The van der Waals surface area contributed by atoms with Crippen molar-refractivity contribution in [1.29, 1.82) is 0 Å². The van der Waals surface area contributed by atoms with Gasteiger partial charge in [-0.2, -0.15) is 0 Å². The van der Waals surface area contributed by atoms with Gasteiger partial charge in [0, 0.05) is 0 Å². The topological polar surface area (TPSA) is 54.4 Å². The Morgan fingerprint density at radius 3 is 2.22 bits per heavy atom. The van der Waals surface area contributed by atoms with E-state index in [1.54, 1.807) is 6.92 Å². The van der Waals surface area contributed by atoms with Gasteiger partial charge in [0.1, 0.15) is 6.42 Å². The first kappa shape index (κ1) is 8.62. The fraction of sp³-hybridized carbons (Fsp3) is 0.600. The van der Waals surface area contributed by atoms with Crippen LogP contribution in [0.5, 0.6) is 0 Å². The van der Waals surface area contributed by atoms with Crippen molar-refractivity contribution in [2.75, 3.05) is 0 Å². The summed E-state index contributed by atoms with van der Waals surface area (Å²) in [5.74, 6) is -1.38. The fourth-order valence-electron chi connectivity index (χ4n) is 0.290. The Balaban J connectivity index is 3.64. The standard InChI is InChI=1S/C5H7BrO3/c1-3(6)4(7)2-5(8)9/h3H,2H2,1H3,(H,8,9). The number of carboxylic acid groups (broad SMARTS) is 1. The molecule has 0 saturated carbocycles. The predicted molar refractivity (Wildman–Crippen MR) is 35.6 cm³/mol. The summed E-state index contributed by atoms with van der Waals surface area (Å²) in [5.41, 5.74) is 0. The largest absolute Gasteiger partial charge is 0.481 e. The van der Waals surface area contributed by atoms with Crippen molar-refractivity contribution in [3.63, 3.8) is 0 Å². The van der Waals surface area contributed by atoms with E-state index in [-0.39, 0.29) is 10.6 Å². The molecule has 0 aromatic heterocycles. The summed E-state index contributed by atoms with van der Waals surface area (Å²) < 4.78 is 0. The summed E-state index contributed by atoms with van der Waals surface area (Å²) in [4.78, 5) is 20.0. The second-order valence-corrected chi connectivity index (χ2v) is 3.03. The first-order valence-corrected chi connectivity index (χ1v) is 3.34. The van der Waals surface area contributed by atoms with Gasteiger partial charge in [0.05, 0.1) is 4.83 Å². The lowest BCUT2D eigenvalue weighted by Gasteiger charge is -1.95. The van der Waals surface area contributed by atoms with Crippen molar-refractivity contribution in [3.8, 4) is 0 Å². The molecule has 0 aromatic carbocycles. The maximum atomic E-state index is 10.5.